The monoisotopic (exact) mass is 472 g/mol. The van der Waals surface area contributed by atoms with Crippen LogP contribution in [0.3, 0.4) is 0 Å². The molecule has 3 aromatic rings. The number of methoxy groups -OCH3 is 3. The number of hydrogen-bond donors (Lipinski definition) is 1. The second kappa shape index (κ2) is 9.82. The summed E-state index contributed by atoms with van der Waals surface area (Å²) in [5.74, 6) is 2.16. The SMILES string of the molecule is COc1cc(CCC(=O)OCc2nc3sc4c(c3c(=O)[nH]2)CC[C@H](C)C4)cc(OC)c1OC. The zero-order valence-electron chi connectivity index (χ0n) is 19.3. The molecule has 4 rings (SSSR count). The number of hydrogen-bond acceptors (Lipinski definition) is 8. The molecule has 1 aliphatic carbocycles. The minimum absolute atomic E-state index is 0.0712. The van der Waals surface area contributed by atoms with Gasteiger partial charge in [-0.05, 0) is 54.9 Å². The van der Waals surface area contributed by atoms with Crippen LogP contribution in [0.15, 0.2) is 16.9 Å². The lowest BCUT2D eigenvalue weighted by Gasteiger charge is -2.17. The van der Waals surface area contributed by atoms with Crippen molar-refractivity contribution in [3.05, 3.63) is 44.3 Å². The fraction of sp³-hybridized carbons (Fsp3) is 0.458. The van der Waals surface area contributed by atoms with Gasteiger partial charge in [-0.3, -0.25) is 9.59 Å². The Morgan fingerprint density at radius 2 is 1.91 bits per heavy atom. The predicted octanol–water partition coefficient (Wildman–Crippen LogP) is 3.81. The van der Waals surface area contributed by atoms with Crippen LogP contribution in [0, 0.1) is 5.92 Å². The number of thiophene rings is 1. The molecule has 1 N–H and O–H groups in total. The molecule has 2 heterocycles. The summed E-state index contributed by atoms with van der Waals surface area (Å²) in [6.07, 6.45) is 3.59. The van der Waals surface area contributed by atoms with Gasteiger partial charge in [0.25, 0.3) is 5.56 Å². The van der Waals surface area contributed by atoms with Crippen molar-refractivity contribution in [1.82, 2.24) is 9.97 Å². The molecular weight excluding hydrogens is 444 g/mol. The van der Waals surface area contributed by atoms with Gasteiger partial charge in [-0.25, -0.2) is 4.98 Å². The van der Waals surface area contributed by atoms with Crippen molar-refractivity contribution in [3.8, 4) is 17.2 Å². The Bertz CT molecular complexity index is 1210. The van der Waals surface area contributed by atoms with E-state index in [0.717, 1.165) is 35.2 Å². The van der Waals surface area contributed by atoms with Crippen molar-refractivity contribution in [1.29, 1.82) is 0 Å². The molecular formula is C24H28N2O6S. The Morgan fingerprint density at radius 3 is 2.58 bits per heavy atom. The molecule has 0 bridgehead atoms. The van der Waals surface area contributed by atoms with Gasteiger partial charge >= 0.3 is 5.97 Å². The fourth-order valence-electron chi connectivity index (χ4n) is 4.21. The van der Waals surface area contributed by atoms with Crippen molar-refractivity contribution in [3.63, 3.8) is 0 Å². The minimum atomic E-state index is -0.384. The van der Waals surface area contributed by atoms with Gasteiger partial charge in [0, 0.05) is 11.3 Å². The third-order valence-corrected chi connectivity index (χ3v) is 7.07. The summed E-state index contributed by atoms with van der Waals surface area (Å²) in [6.45, 7) is 2.16. The average Bonchev–Trinajstić information content (AvgIpc) is 3.18. The van der Waals surface area contributed by atoms with E-state index >= 15 is 0 Å². The molecule has 0 spiro atoms. The number of nitrogens with zero attached hydrogens (tertiary/aromatic N) is 1. The van der Waals surface area contributed by atoms with Crippen LogP contribution < -0.4 is 19.8 Å². The van der Waals surface area contributed by atoms with Gasteiger partial charge < -0.3 is 23.9 Å². The van der Waals surface area contributed by atoms with E-state index in [-0.39, 0.29) is 24.6 Å². The van der Waals surface area contributed by atoms with Crippen LogP contribution in [0.25, 0.3) is 10.2 Å². The number of aromatic nitrogens is 2. The summed E-state index contributed by atoms with van der Waals surface area (Å²) >= 11 is 1.58. The lowest BCUT2D eigenvalue weighted by Crippen LogP contribution is -2.16. The van der Waals surface area contributed by atoms with E-state index in [2.05, 4.69) is 16.9 Å². The van der Waals surface area contributed by atoms with Gasteiger partial charge in [0.15, 0.2) is 11.5 Å². The van der Waals surface area contributed by atoms with Crippen molar-refractivity contribution in [2.45, 2.75) is 45.6 Å². The smallest absolute Gasteiger partial charge is 0.306 e. The van der Waals surface area contributed by atoms with Crippen LogP contribution in [0.4, 0.5) is 0 Å². The van der Waals surface area contributed by atoms with E-state index in [9.17, 15) is 9.59 Å². The predicted molar refractivity (Wildman–Crippen MR) is 126 cm³/mol. The molecule has 0 fully saturated rings. The maximum atomic E-state index is 12.7. The Balaban J connectivity index is 1.41. The van der Waals surface area contributed by atoms with E-state index < -0.39 is 0 Å². The number of nitrogens with one attached hydrogen (secondary N) is 1. The third-order valence-electron chi connectivity index (χ3n) is 5.93. The highest BCUT2D eigenvalue weighted by atomic mass is 32.1. The molecule has 2 aromatic heterocycles. The first-order valence-corrected chi connectivity index (χ1v) is 11.7. The Kier molecular flexibility index (Phi) is 6.88. The maximum Gasteiger partial charge on any atom is 0.306 e. The highest BCUT2D eigenvalue weighted by Gasteiger charge is 2.23. The highest BCUT2D eigenvalue weighted by Crippen LogP contribution is 2.38. The zero-order chi connectivity index (χ0) is 23.5. The molecule has 0 amide bonds. The largest absolute Gasteiger partial charge is 0.493 e. The summed E-state index contributed by atoms with van der Waals surface area (Å²) < 4.78 is 21.4. The van der Waals surface area contributed by atoms with Gasteiger partial charge in [0.1, 0.15) is 17.3 Å². The van der Waals surface area contributed by atoms with Gasteiger partial charge in [0.2, 0.25) is 5.75 Å². The normalized spacial score (nSPS) is 15.2. The van der Waals surface area contributed by atoms with E-state index in [1.165, 1.54) is 4.88 Å². The molecule has 0 unspecified atom stereocenters. The number of H-pyrrole nitrogens is 1. The number of esters is 1. The van der Waals surface area contributed by atoms with Crippen LogP contribution in [-0.4, -0.2) is 37.3 Å². The number of fused-ring (bicyclic) bond motifs is 3. The topological polar surface area (TPSA) is 99.7 Å². The molecule has 33 heavy (non-hydrogen) atoms. The quantitative estimate of drug-likeness (QED) is 0.498. The molecule has 8 nitrogen and oxygen atoms in total. The molecule has 0 saturated heterocycles. The number of benzene rings is 1. The standard InChI is InChI=1S/C24H28N2O6S/c1-13-5-7-15-18(9-13)33-24-21(15)23(28)25-19(26-24)12-32-20(27)8-6-14-10-16(29-2)22(31-4)17(11-14)30-3/h10-11,13H,5-9,12H2,1-4H3,(H,25,26,28)/t13-/m0/s1. The zero-order valence-corrected chi connectivity index (χ0v) is 20.1. The third kappa shape index (κ3) is 4.83. The number of rotatable bonds is 8. The molecule has 1 aliphatic rings. The first-order valence-electron chi connectivity index (χ1n) is 10.9. The second-order valence-corrected chi connectivity index (χ2v) is 9.32. The molecule has 0 radical (unpaired) electrons. The van der Waals surface area contributed by atoms with Crippen molar-refractivity contribution in [2.24, 2.45) is 5.92 Å². The summed E-state index contributed by atoms with van der Waals surface area (Å²) in [4.78, 5) is 34.3. The number of aromatic amines is 1. The molecule has 0 saturated carbocycles. The highest BCUT2D eigenvalue weighted by molar-refractivity contribution is 7.18. The number of aryl methyl sites for hydroxylation is 2. The molecule has 9 heteroatoms. The number of carbonyl (C=O) groups is 1. The first-order chi connectivity index (χ1) is 15.9. The average molecular weight is 473 g/mol. The van der Waals surface area contributed by atoms with Crippen LogP contribution in [0.5, 0.6) is 17.2 Å². The van der Waals surface area contributed by atoms with Crippen LogP contribution in [0.2, 0.25) is 0 Å². The van der Waals surface area contributed by atoms with Gasteiger partial charge in [-0.15, -0.1) is 11.3 Å². The van der Waals surface area contributed by atoms with E-state index in [1.807, 2.05) is 0 Å². The molecule has 1 atom stereocenters. The lowest BCUT2D eigenvalue weighted by molar-refractivity contribution is -0.145. The molecule has 176 valence electrons. The minimum Gasteiger partial charge on any atom is -0.493 e. The van der Waals surface area contributed by atoms with Gasteiger partial charge in [-0.1, -0.05) is 6.92 Å². The summed E-state index contributed by atoms with van der Waals surface area (Å²) in [7, 11) is 4.63. The van der Waals surface area contributed by atoms with Crippen molar-refractivity contribution < 1.29 is 23.7 Å². The summed E-state index contributed by atoms with van der Waals surface area (Å²) in [5.41, 5.74) is 1.83. The Hall–Kier alpha value is -3.07. The van der Waals surface area contributed by atoms with Crippen LogP contribution >= 0.6 is 11.3 Å². The van der Waals surface area contributed by atoms with Crippen LogP contribution in [0.1, 0.15) is 41.6 Å². The van der Waals surface area contributed by atoms with E-state index in [0.29, 0.717) is 40.8 Å². The molecule has 0 aliphatic heterocycles. The van der Waals surface area contributed by atoms with E-state index in [1.54, 1.807) is 44.8 Å². The Morgan fingerprint density at radius 1 is 1.18 bits per heavy atom. The van der Waals surface area contributed by atoms with Crippen LogP contribution in [-0.2, 0) is 35.4 Å². The second-order valence-electron chi connectivity index (χ2n) is 8.24. The van der Waals surface area contributed by atoms with E-state index in [4.69, 9.17) is 18.9 Å². The summed E-state index contributed by atoms with van der Waals surface area (Å²) in [6, 6.07) is 3.61. The molecule has 1 aromatic carbocycles. The first kappa shape index (κ1) is 23.1. The fourth-order valence-corrected chi connectivity index (χ4v) is 5.61. The van der Waals surface area contributed by atoms with Crippen molar-refractivity contribution >= 4 is 27.5 Å². The Labute approximate surface area is 195 Å². The maximum absolute atomic E-state index is 12.7. The summed E-state index contributed by atoms with van der Waals surface area (Å²) in [5, 5.41) is 0.694. The number of carbonyl (C=O) groups excluding carboxylic acids is 1. The van der Waals surface area contributed by atoms with Gasteiger partial charge in [0.05, 0.1) is 26.7 Å². The lowest BCUT2D eigenvalue weighted by atomic mass is 9.89. The van der Waals surface area contributed by atoms with Crippen molar-refractivity contribution in [2.75, 3.05) is 21.3 Å². The van der Waals surface area contributed by atoms with Gasteiger partial charge in [-0.2, -0.15) is 0 Å². The number of ether oxygens (including phenoxy) is 4.